The van der Waals surface area contributed by atoms with Gasteiger partial charge < -0.3 is 10.1 Å². The summed E-state index contributed by atoms with van der Waals surface area (Å²) in [6.07, 6.45) is 4.03. The van der Waals surface area contributed by atoms with Crippen LogP contribution in [0.4, 0.5) is 0 Å². The van der Waals surface area contributed by atoms with Crippen LogP contribution < -0.4 is 10.1 Å². The van der Waals surface area contributed by atoms with Gasteiger partial charge in [-0.2, -0.15) is 0 Å². The summed E-state index contributed by atoms with van der Waals surface area (Å²) in [4.78, 5) is 2.57. The van der Waals surface area contributed by atoms with Gasteiger partial charge >= 0.3 is 0 Å². The van der Waals surface area contributed by atoms with Gasteiger partial charge in [0.1, 0.15) is 12.4 Å². The minimum atomic E-state index is 0.314. The summed E-state index contributed by atoms with van der Waals surface area (Å²) >= 11 is 3.45. The molecule has 3 nitrogen and oxygen atoms in total. The number of halogens is 1. The minimum Gasteiger partial charge on any atom is -0.492 e. The van der Waals surface area contributed by atoms with Crippen LogP contribution in [0.5, 0.6) is 5.75 Å². The molecule has 0 amide bonds. The van der Waals surface area contributed by atoms with Gasteiger partial charge in [-0.25, -0.2) is 0 Å². The van der Waals surface area contributed by atoms with E-state index in [1.54, 1.807) is 0 Å². The largest absolute Gasteiger partial charge is 0.492 e. The summed E-state index contributed by atoms with van der Waals surface area (Å²) in [7, 11) is 0. The zero-order chi connectivity index (χ0) is 14.7. The van der Waals surface area contributed by atoms with E-state index in [-0.39, 0.29) is 0 Å². The Balaban J connectivity index is 1.48. The molecule has 2 aliphatic rings. The molecule has 3 rings (SSSR count). The minimum absolute atomic E-state index is 0.314. The van der Waals surface area contributed by atoms with Gasteiger partial charge in [-0.15, -0.1) is 0 Å². The van der Waals surface area contributed by atoms with Crippen molar-refractivity contribution >= 4 is 15.9 Å². The van der Waals surface area contributed by atoms with E-state index in [2.05, 4.69) is 33.1 Å². The quantitative estimate of drug-likeness (QED) is 0.879. The maximum Gasteiger partial charge on any atom is 0.119 e. The van der Waals surface area contributed by atoms with Crippen LogP contribution in [0.15, 0.2) is 28.7 Å². The molecule has 1 saturated carbocycles. The van der Waals surface area contributed by atoms with E-state index in [4.69, 9.17) is 4.74 Å². The number of ether oxygens (including phenoxy) is 1. The van der Waals surface area contributed by atoms with E-state index in [1.165, 1.54) is 25.8 Å². The first-order valence-electron chi connectivity index (χ1n) is 8.01. The summed E-state index contributed by atoms with van der Waals surface area (Å²) in [6, 6.07) is 8.08. The Morgan fingerprint density at radius 2 is 2.10 bits per heavy atom. The van der Waals surface area contributed by atoms with Gasteiger partial charge in [0.05, 0.1) is 0 Å². The van der Waals surface area contributed by atoms with E-state index < -0.39 is 0 Å². The van der Waals surface area contributed by atoms with Gasteiger partial charge in [-0.05, 0) is 69.5 Å². The van der Waals surface area contributed by atoms with Crippen molar-refractivity contribution in [3.63, 3.8) is 0 Å². The molecule has 0 bridgehead atoms. The Bertz CT molecular complexity index is 460. The van der Waals surface area contributed by atoms with E-state index >= 15 is 0 Å². The van der Waals surface area contributed by atoms with Crippen molar-refractivity contribution in [1.82, 2.24) is 10.2 Å². The summed E-state index contributed by atoms with van der Waals surface area (Å²) < 4.78 is 6.96. The lowest BCUT2D eigenvalue weighted by molar-refractivity contribution is 0.170. The average Bonchev–Trinajstić information content (AvgIpc) is 3.29. The smallest absolute Gasteiger partial charge is 0.119 e. The molecule has 0 radical (unpaired) electrons. The molecule has 1 aromatic rings. The van der Waals surface area contributed by atoms with Gasteiger partial charge in [0.15, 0.2) is 0 Å². The zero-order valence-electron chi connectivity index (χ0n) is 12.8. The molecule has 4 heteroatoms. The maximum atomic E-state index is 5.87. The standard InChI is InChI=1S/C17H25BrN2O/c1-17(14-3-4-14)13-20(10-2-9-19-17)11-12-21-16-7-5-15(18)6-8-16/h5-8,14,19H,2-4,9-13H2,1H3. The Morgan fingerprint density at radius 3 is 2.81 bits per heavy atom. The lowest BCUT2D eigenvalue weighted by Gasteiger charge is -2.33. The predicted molar refractivity (Wildman–Crippen MR) is 89.8 cm³/mol. The molecule has 1 atom stereocenters. The molecule has 2 fully saturated rings. The number of hydrogen-bond donors (Lipinski definition) is 1. The van der Waals surface area contributed by atoms with E-state index in [9.17, 15) is 0 Å². The van der Waals surface area contributed by atoms with E-state index in [0.717, 1.165) is 42.4 Å². The maximum absolute atomic E-state index is 5.87. The molecule has 1 aliphatic heterocycles. The lowest BCUT2D eigenvalue weighted by atomic mass is 9.95. The first-order valence-corrected chi connectivity index (χ1v) is 8.81. The summed E-state index contributed by atoms with van der Waals surface area (Å²) in [6.45, 7) is 7.67. The molecule has 0 aromatic heterocycles. The van der Waals surface area contributed by atoms with Crippen molar-refractivity contribution in [3.8, 4) is 5.75 Å². The molecule has 1 aliphatic carbocycles. The number of nitrogens with zero attached hydrogens (tertiary/aromatic N) is 1. The SMILES string of the molecule is CC1(C2CC2)CN(CCOc2ccc(Br)cc2)CCCN1. The van der Waals surface area contributed by atoms with Crippen molar-refractivity contribution in [2.24, 2.45) is 5.92 Å². The highest BCUT2D eigenvalue weighted by Gasteiger charge is 2.42. The highest BCUT2D eigenvalue weighted by Crippen LogP contribution is 2.40. The fourth-order valence-corrected chi connectivity index (χ4v) is 3.55. The molecule has 1 heterocycles. The normalized spacial score (nSPS) is 27.3. The van der Waals surface area contributed by atoms with Crippen LogP contribution in [-0.4, -0.2) is 43.2 Å². The Labute approximate surface area is 136 Å². The fourth-order valence-electron chi connectivity index (χ4n) is 3.28. The number of benzene rings is 1. The molecule has 21 heavy (non-hydrogen) atoms. The molecule has 1 saturated heterocycles. The zero-order valence-corrected chi connectivity index (χ0v) is 14.4. The summed E-state index contributed by atoms with van der Waals surface area (Å²) in [5.41, 5.74) is 0.314. The molecule has 1 N–H and O–H groups in total. The molecule has 1 unspecified atom stereocenters. The second kappa shape index (κ2) is 6.67. The molecule has 116 valence electrons. The van der Waals surface area contributed by atoms with Gasteiger partial charge in [0.2, 0.25) is 0 Å². The number of nitrogens with one attached hydrogen (secondary N) is 1. The number of rotatable bonds is 5. The third kappa shape index (κ3) is 4.21. The van der Waals surface area contributed by atoms with Gasteiger partial charge in [-0.1, -0.05) is 15.9 Å². The van der Waals surface area contributed by atoms with Crippen molar-refractivity contribution in [2.45, 2.75) is 31.7 Å². The number of hydrogen-bond acceptors (Lipinski definition) is 3. The van der Waals surface area contributed by atoms with Crippen molar-refractivity contribution in [2.75, 3.05) is 32.8 Å². The van der Waals surface area contributed by atoms with Gasteiger partial charge in [-0.3, -0.25) is 4.90 Å². The van der Waals surface area contributed by atoms with Crippen LogP contribution in [0, 0.1) is 5.92 Å². The highest BCUT2D eigenvalue weighted by atomic mass is 79.9. The van der Waals surface area contributed by atoms with Gasteiger partial charge in [0, 0.05) is 23.1 Å². The van der Waals surface area contributed by atoms with Crippen molar-refractivity contribution in [1.29, 1.82) is 0 Å². The van der Waals surface area contributed by atoms with Crippen molar-refractivity contribution in [3.05, 3.63) is 28.7 Å². The third-order valence-electron chi connectivity index (χ3n) is 4.70. The first-order chi connectivity index (χ1) is 10.2. The second-order valence-electron chi connectivity index (χ2n) is 6.55. The van der Waals surface area contributed by atoms with Crippen LogP contribution >= 0.6 is 15.9 Å². The molecular weight excluding hydrogens is 328 g/mol. The van der Waals surface area contributed by atoms with Crippen LogP contribution in [0.25, 0.3) is 0 Å². The molecule has 0 spiro atoms. The predicted octanol–water partition coefficient (Wildman–Crippen LogP) is 3.29. The topological polar surface area (TPSA) is 24.5 Å². The average molecular weight is 353 g/mol. The van der Waals surface area contributed by atoms with E-state index in [1.807, 2.05) is 24.3 Å². The fraction of sp³-hybridized carbons (Fsp3) is 0.647. The Hall–Kier alpha value is -0.580. The lowest BCUT2D eigenvalue weighted by Crippen LogP contribution is -2.51. The monoisotopic (exact) mass is 352 g/mol. The third-order valence-corrected chi connectivity index (χ3v) is 5.23. The van der Waals surface area contributed by atoms with Crippen LogP contribution in [-0.2, 0) is 0 Å². The van der Waals surface area contributed by atoms with E-state index in [0.29, 0.717) is 5.54 Å². The molecular formula is C17H25BrN2O. The summed E-state index contributed by atoms with van der Waals surface area (Å²) in [5.74, 6) is 1.83. The Kier molecular flexibility index (Phi) is 4.87. The van der Waals surface area contributed by atoms with Crippen LogP contribution in [0.1, 0.15) is 26.2 Å². The van der Waals surface area contributed by atoms with Crippen molar-refractivity contribution < 1.29 is 4.74 Å². The molecule has 1 aromatic carbocycles. The van der Waals surface area contributed by atoms with Gasteiger partial charge in [0.25, 0.3) is 0 Å². The summed E-state index contributed by atoms with van der Waals surface area (Å²) in [5, 5.41) is 3.78. The Morgan fingerprint density at radius 1 is 1.33 bits per heavy atom. The second-order valence-corrected chi connectivity index (χ2v) is 7.47. The van der Waals surface area contributed by atoms with Crippen LogP contribution in [0.3, 0.4) is 0 Å². The van der Waals surface area contributed by atoms with Crippen LogP contribution in [0.2, 0.25) is 0 Å². The first kappa shape index (κ1) is 15.3. The highest BCUT2D eigenvalue weighted by molar-refractivity contribution is 9.10.